The number of carboxylic acids is 1. The molecule has 1 aliphatic heterocycles. The van der Waals surface area contributed by atoms with E-state index in [0.717, 1.165) is 30.4 Å². The lowest BCUT2D eigenvalue weighted by Gasteiger charge is -2.15. The Morgan fingerprint density at radius 2 is 2.32 bits per heavy atom. The minimum atomic E-state index is -0.676. The van der Waals surface area contributed by atoms with Crippen LogP contribution in [0, 0.1) is 5.92 Å². The van der Waals surface area contributed by atoms with Crippen LogP contribution in [0.25, 0.3) is 10.9 Å². The topological polar surface area (TPSA) is 53.4 Å². The van der Waals surface area contributed by atoms with Crippen LogP contribution in [0.4, 0.5) is 0 Å². The van der Waals surface area contributed by atoms with Gasteiger partial charge in [0.25, 0.3) is 0 Å². The molecule has 0 spiro atoms. The standard InChI is InChI=1S/C15H16N2O2/c18-15(19)13-5-7-17(10-13)9-11-3-4-14-12(8-11)2-1-6-16-14/h1-4,6,8,13H,5,7,9-10H2,(H,18,19). The third-order valence-electron chi connectivity index (χ3n) is 3.70. The number of carboxylic acid groups (broad SMARTS) is 1. The number of fused-ring (bicyclic) bond motifs is 1. The average Bonchev–Trinajstić information content (AvgIpc) is 2.87. The maximum atomic E-state index is 10.9. The van der Waals surface area contributed by atoms with Crippen LogP contribution in [-0.2, 0) is 11.3 Å². The average molecular weight is 256 g/mol. The maximum Gasteiger partial charge on any atom is 0.307 e. The first-order valence-electron chi connectivity index (χ1n) is 6.51. The van der Waals surface area contributed by atoms with Crippen LogP contribution in [0.15, 0.2) is 36.5 Å². The number of pyridine rings is 1. The van der Waals surface area contributed by atoms with Gasteiger partial charge in [-0.1, -0.05) is 12.1 Å². The highest BCUT2D eigenvalue weighted by molar-refractivity contribution is 5.78. The Hall–Kier alpha value is -1.94. The minimum absolute atomic E-state index is 0.206. The SMILES string of the molecule is O=C(O)C1CCN(Cc2ccc3ncccc3c2)C1. The van der Waals surface area contributed by atoms with Crippen LogP contribution < -0.4 is 0 Å². The first-order chi connectivity index (χ1) is 9.22. The van der Waals surface area contributed by atoms with E-state index in [4.69, 9.17) is 5.11 Å². The van der Waals surface area contributed by atoms with Crippen LogP contribution >= 0.6 is 0 Å². The van der Waals surface area contributed by atoms with Crippen LogP contribution in [0.2, 0.25) is 0 Å². The first kappa shape index (κ1) is 12.1. The molecule has 2 aromatic rings. The smallest absolute Gasteiger partial charge is 0.307 e. The van der Waals surface area contributed by atoms with Gasteiger partial charge in [-0.3, -0.25) is 14.7 Å². The molecule has 1 N–H and O–H groups in total. The molecule has 4 nitrogen and oxygen atoms in total. The molecule has 4 heteroatoms. The number of nitrogens with zero attached hydrogens (tertiary/aromatic N) is 2. The van der Waals surface area contributed by atoms with Gasteiger partial charge in [0, 0.05) is 24.7 Å². The highest BCUT2D eigenvalue weighted by Crippen LogP contribution is 2.20. The Labute approximate surface area is 111 Å². The molecule has 1 saturated heterocycles. The summed E-state index contributed by atoms with van der Waals surface area (Å²) in [4.78, 5) is 17.4. The highest BCUT2D eigenvalue weighted by atomic mass is 16.4. The zero-order chi connectivity index (χ0) is 13.2. The van der Waals surface area contributed by atoms with Crippen LogP contribution in [0.5, 0.6) is 0 Å². The lowest BCUT2D eigenvalue weighted by Crippen LogP contribution is -2.22. The molecule has 1 aromatic heterocycles. The van der Waals surface area contributed by atoms with Crippen molar-refractivity contribution in [3.05, 3.63) is 42.1 Å². The van der Waals surface area contributed by atoms with E-state index in [2.05, 4.69) is 28.1 Å². The van der Waals surface area contributed by atoms with E-state index in [1.807, 2.05) is 12.1 Å². The van der Waals surface area contributed by atoms with Crippen molar-refractivity contribution in [3.63, 3.8) is 0 Å². The molecule has 98 valence electrons. The summed E-state index contributed by atoms with van der Waals surface area (Å²) in [7, 11) is 0. The third kappa shape index (κ3) is 2.58. The van der Waals surface area contributed by atoms with Gasteiger partial charge in [-0.25, -0.2) is 0 Å². The van der Waals surface area contributed by atoms with Gasteiger partial charge < -0.3 is 5.11 Å². The van der Waals surface area contributed by atoms with Gasteiger partial charge in [0.05, 0.1) is 11.4 Å². The van der Waals surface area contributed by atoms with Gasteiger partial charge in [0.15, 0.2) is 0 Å². The van der Waals surface area contributed by atoms with Crippen molar-refractivity contribution >= 4 is 16.9 Å². The monoisotopic (exact) mass is 256 g/mol. The van der Waals surface area contributed by atoms with E-state index < -0.39 is 5.97 Å². The summed E-state index contributed by atoms with van der Waals surface area (Å²) >= 11 is 0. The van der Waals surface area contributed by atoms with Crippen molar-refractivity contribution in [2.45, 2.75) is 13.0 Å². The highest BCUT2D eigenvalue weighted by Gasteiger charge is 2.27. The normalized spacial score (nSPS) is 19.9. The molecule has 1 aromatic carbocycles. The van der Waals surface area contributed by atoms with Crippen LogP contribution in [-0.4, -0.2) is 34.0 Å². The zero-order valence-corrected chi connectivity index (χ0v) is 10.6. The summed E-state index contributed by atoms with van der Waals surface area (Å²) in [5.41, 5.74) is 2.21. The minimum Gasteiger partial charge on any atom is -0.481 e. The summed E-state index contributed by atoms with van der Waals surface area (Å²) in [6.07, 6.45) is 2.55. The maximum absolute atomic E-state index is 10.9. The number of rotatable bonds is 3. The van der Waals surface area contributed by atoms with Gasteiger partial charge in [0.2, 0.25) is 0 Å². The van der Waals surface area contributed by atoms with E-state index in [0.29, 0.717) is 6.54 Å². The Balaban J connectivity index is 1.73. The van der Waals surface area contributed by atoms with Crippen molar-refractivity contribution in [1.82, 2.24) is 9.88 Å². The molecule has 0 aliphatic carbocycles. The number of aromatic nitrogens is 1. The lowest BCUT2D eigenvalue weighted by molar-refractivity contribution is -0.141. The fourth-order valence-electron chi connectivity index (χ4n) is 2.66. The van der Waals surface area contributed by atoms with E-state index in [1.165, 1.54) is 5.56 Å². The Morgan fingerprint density at radius 3 is 3.11 bits per heavy atom. The summed E-state index contributed by atoms with van der Waals surface area (Å²) in [5, 5.41) is 10.1. The van der Waals surface area contributed by atoms with E-state index in [1.54, 1.807) is 6.20 Å². The van der Waals surface area contributed by atoms with Crippen LogP contribution in [0.3, 0.4) is 0 Å². The number of benzene rings is 1. The molecule has 0 amide bonds. The molecule has 0 bridgehead atoms. The quantitative estimate of drug-likeness (QED) is 0.914. The summed E-state index contributed by atoms with van der Waals surface area (Å²) in [6, 6.07) is 10.2. The Bertz CT molecular complexity index is 612. The zero-order valence-electron chi connectivity index (χ0n) is 10.6. The number of hydrogen-bond donors (Lipinski definition) is 1. The second-order valence-corrected chi connectivity index (χ2v) is 5.09. The number of aliphatic carboxylic acids is 1. The number of hydrogen-bond acceptors (Lipinski definition) is 3. The molecule has 0 radical (unpaired) electrons. The fourth-order valence-corrected chi connectivity index (χ4v) is 2.66. The predicted molar refractivity (Wildman–Crippen MR) is 72.8 cm³/mol. The van der Waals surface area contributed by atoms with E-state index in [9.17, 15) is 4.79 Å². The number of likely N-dealkylation sites (tertiary alicyclic amines) is 1. The summed E-state index contributed by atoms with van der Waals surface area (Å²) < 4.78 is 0. The molecule has 3 rings (SSSR count). The Kier molecular flexibility index (Phi) is 3.17. The van der Waals surface area contributed by atoms with Crippen molar-refractivity contribution in [1.29, 1.82) is 0 Å². The van der Waals surface area contributed by atoms with Crippen molar-refractivity contribution in [3.8, 4) is 0 Å². The molecule has 2 heterocycles. The molecular weight excluding hydrogens is 240 g/mol. The van der Waals surface area contributed by atoms with Gasteiger partial charge >= 0.3 is 5.97 Å². The van der Waals surface area contributed by atoms with Gasteiger partial charge in [-0.05, 0) is 36.7 Å². The molecular formula is C15H16N2O2. The van der Waals surface area contributed by atoms with Gasteiger partial charge in [-0.15, -0.1) is 0 Å². The first-order valence-corrected chi connectivity index (χ1v) is 6.51. The molecule has 0 saturated carbocycles. The molecule has 1 atom stereocenters. The Morgan fingerprint density at radius 1 is 1.42 bits per heavy atom. The molecule has 1 fully saturated rings. The van der Waals surface area contributed by atoms with Crippen molar-refractivity contribution < 1.29 is 9.90 Å². The van der Waals surface area contributed by atoms with Crippen molar-refractivity contribution in [2.24, 2.45) is 5.92 Å². The molecule has 1 aliphatic rings. The molecule has 19 heavy (non-hydrogen) atoms. The van der Waals surface area contributed by atoms with E-state index in [-0.39, 0.29) is 5.92 Å². The second-order valence-electron chi connectivity index (χ2n) is 5.09. The second kappa shape index (κ2) is 4.97. The van der Waals surface area contributed by atoms with Gasteiger partial charge in [0.1, 0.15) is 0 Å². The third-order valence-corrected chi connectivity index (χ3v) is 3.70. The lowest BCUT2D eigenvalue weighted by atomic mass is 10.1. The molecule has 1 unspecified atom stereocenters. The summed E-state index contributed by atoms with van der Waals surface area (Å²) in [5.74, 6) is -0.882. The number of carbonyl (C=O) groups is 1. The van der Waals surface area contributed by atoms with Crippen LogP contribution in [0.1, 0.15) is 12.0 Å². The predicted octanol–water partition coefficient (Wildman–Crippen LogP) is 2.14. The van der Waals surface area contributed by atoms with Gasteiger partial charge in [-0.2, -0.15) is 0 Å². The van der Waals surface area contributed by atoms with Crippen molar-refractivity contribution in [2.75, 3.05) is 13.1 Å². The largest absolute Gasteiger partial charge is 0.481 e. The van der Waals surface area contributed by atoms with E-state index >= 15 is 0 Å². The summed E-state index contributed by atoms with van der Waals surface area (Å²) in [6.45, 7) is 2.33. The fraction of sp³-hybridized carbons (Fsp3) is 0.333.